The van der Waals surface area contributed by atoms with Crippen molar-refractivity contribution in [2.45, 2.75) is 23.6 Å². The number of hydrogen-bond donors (Lipinski definition) is 1. The molecule has 0 saturated carbocycles. The second-order valence-electron chi connectivity index (χ2n) is 7.51. The summed E-state index contributed by atoms with van der Waals surface area (Å²) in [6, 6.07) is 21.5. The number of methoxy groups -OCH3 is 1. The molecule has 0 radical (unpaired) electrons. The Labute approximate surface area is 200 Å². The molecule has 0 aliphatic carbocycles. The Bertz CT molecular complexity index is 1180. The summed E-state index contributed by atoms with van der Waals surface area (Å²) in [5.74, 6) is 0.666. The fourth-order valence-corrected chi connectivity index (χ4v) is 5.41. The van der Waals surface area contributed by atoms with Crippen LogP contribution in [0.15, 0.2) is 82.6 Å². The Kier molecular flexibility index (Phi) is 8.41. The molecule has 8 heteroatoms. The van der Waals surface area contributed by atoms with E-state index in [4.69, 9.17) is 4.74 Å². The molecule has 0 aromatic heterocycles. The molecule has 174 valence electrons. The maximum Gasteiger partial charge on any atom is 0.264 e. The Morgan fingerprint density at radius 2 is 1.64 bits per heavy atom. The average molecular weight is 485 g/mol. The summed E-state index contributed by atoms with van der Waals surface area (Å²) < 4.78 is 33.5. The predicted octanol–water partition coefficient (Wildman–Crippen LogP) is 4.42. The zero-order valence-electron chi connectivity index (χ0n) is 18.9. The lowest BCUT2D eigenvalue weighted by Gasteiger charge is -2.26. The first kappa shape index (κ1) is 24.7. The molecule has 3 rings (SSSR count). The van der Waals surface area contributed by atoms with E-state index in [-0.39, 0.29) is 17.3 Å². The summed E-state index contributed by atoms with van der Waals surface area (Å²) in [6.07, 6.45) is 0. The maximum atomic E-state index is 13.5. The van der Waals surface area contributed by atoms with Crippen LogP contribution in [0.1, 0.15) is 11.1 Å². The first-order valence-electron chi connectivity index (χ1n) is 10.5. The molecule has 0 spiro atoms. The summed E-state index contributed by atoms with van der Waals surface area (Å²) >= 11 is 1.63. The standard InChI is InChI=1S/C25H28N2O4S2/c1-19-9-12-21(13-10-19)32-16-15-26-25(28)18-27(23-17-20(2)11-14-24(23)31-3)33(29,30)22-7-5-4-6-8-22/h4-14,17H,15-16,18H2,1-3H3,(H,26,28). The van der Waals surface area contributed by atoms with Crippen molar-refractivity contribution in [2.75, 3.05) is 30.3 Å². The topological polar surface area (TPSA) is 75.7 Å². The summed E-state index contributed by atoms with van der Waals surface area (Å²) in [5.41, 5.74) is 2.37. The van der Waals surface area contributed by atoms with E-state index >= 15 is 0 Å². The van der Waals surface area contributed by atoms with E-state index in [0.29, 0.717) is 23.7 Å². The van der Waals surface area contributed by atoms with E-state index in [2.05, 4.69) is 5.32 Å². The van der Waals surface area contributed by atoms with Gasteiger partial charge in [-0.2, -0.15) is 0 Å². The molecule has 3 aromatic rings. The van der Waals surface area contributed by atoms with Crippen LogP contribution in [-0.2, 0) is 14.8 Å². The monoisotopic (exact) mass is 484 g/mol. The first-order valence-corrected chi connectivity index (χ1v) is 12.9. The number of anilines is 1. The van der Waals surface area contributed by atoms with Gasteiger partial charge in [0.25, 0.3) is 10.0 Å². The van der Waals surface area contributed by atoms with E-state index in [1.54, 1.807) is 42.1 Å². The van der Waals surface area contributed by atoms with Crippen LogP contribution in [0.2, 0.25) is 0 Å². The number of nitrogens with zero attached hydrogens (tertiary/aromatic N) is 1. The van der Waals surface area contributed by atoms with Crippen molar-refractivity contribution in [3.05, 3.63) is 83.9 Å². The fraction of sp³-hybridized carbons (Fsp3) is 0.240. The largest absolute Gasteiger partial charge is 0.495 e. The number of sulfonamides is 1. The molecule has 0 atom stereocenters. The Balaban J connectivity index is 1.76. The highest BCUT2D eigenvalue weighted by Crippen LogP contribution is 2.33. The second kappa shape index (κ2) is 11.2. The SMILES string of the molecule is COc1ccc(C)cc1N(CC(=O)NCCSc1ccc(C)cc1)S(=O)(=O)c1ccccc1. The maximum absolute atomic E-state index is 13.5. The second-order valence-corrected chi connectivity index (χ2v) is 10.5. The van der Waals surface area contributed by atoms with Gasteiger partial charge in [-0.25, -0.2) is 8.42 Å². The van der Waals surface area contributed by atoms with Crippen LogP contribution < -0.4 is 14.4 Å². The number of aryl methyl sites for hydroxylation is 2. The number of ether oxygens (including phenoxy) is 1. The van der Waals surface area contributed by atoms with Crippen LogP contribution in [0.5, 0.6) is 5.75 Å². The Morgan fingerprint density at radius 1 is 0.970 bits per heavy atom. The highest BCUT2D eigenvalue weighted by molar-refractivity contribution is 7.99. The number of carbonyl (C=O) groups excluding carboxylic acids is 1. The molecule has 1 N–H and O–H groups in total. The third kappa shape index (κ3) is 6.52. The van der Waals surface area contributed by atoms with Gasteiger partial charge >= 0.3 is 0 Å². The predicted molar refractivity (Wildman–Crippen MR) is 134 cm³/mol. The van der Waals surface area contributed by atoms with Crippen LogP contribution in [0.4, 0.5) is 5.69 Å². The summed E-state index contributed by atoms with van der Waals surface area (Å²) in [6.45, 7) is 3.96. The van der Waals surface area contributed by atoms with E-state index in [9.17, 15) is 13.2 Å². The number of thioether (sulfide) groups is 1. The van der Waals surface area contributed by atoms with Crippen molar-refractivity contribution < 1.29 is 17.9 Å². The van der Waals surface area contributed by atoms with Crippen molar-refractivity contribution in [3.63, 3.8) is 0 Å². The summed E-state index contributed by atoms with van der Waals surface area (Å²) in [4.78, 5) is 14.0. The number of benzene rings is 3. The molecule has 0 fully saturated rings. The zero-order chi connectivity index (χ0) is 23.8. The first-order chi connectivity index (χ1) is 15.8. The molecule has 6 nitrogen and oxygen atoms in total. The smallest absolute Gasteiger partial charge is 0.264 e. The normalized spacial score (nSPS) is 11.1. The summed E-state index contributed by atoms with van der Waals surface area (Å²) in [5, 5.41) is 2.83. The highest BCUT2D eigenvalue weighted by Gasteiger charge is 2.29. The third-order valence-electron chi connectivity index (χ3n) is 4.94. The number of nitrogens with one attached hydrogen (secondary N) is 1. The zero-order valence-corrected chi connectivity index (χ0v) is 20.6. The summed E-state index contributed by atoms with van der Waals surface area (Å²) in [7, 11) is -2.51. The molecular weight excluding hydrogens is 456 g/mol. The third-order valence-corrected chi connectivity index (χ3v) is 7.72. The van der Waals surface area contributed by atoms with Gasteiger partial charge < -0.3 is 10.1 Å². The number of rotatable bonds is 10. The quantitative estimate of drug-likeness (QED) is 0.341. The minimum Gasteiger partial charge on any atom is -0.495 e. The van der Waals surface area contributed by atoms with Crippen LogP contribution in [-0.4, -0.2) is 40.3 Å². The van der Waals surface area contributed by atoms with Crippen LogP contribution in [0.3, 0.4) is 0 Å². The number of hydrogen-bond acceptors (Lipinski definition) is 5. The number of amides is 1. The van der Waals surface area contributed by atoms with E-state index in [1.807, 2.05) is 44.2 Å². The van der Waals surface area contributed by atoms with Crippen molar-refractivity contribution >= 4 is 33.4 Å². The van der Waals surface area contributed by atoms with E-state index in [1.165, 1.54) is 24.8 Å². The van der Waals surface area contributed by atoms with Crippen LogP contribution in [0, 0.1) is 13.8 Å². The molecule has 0 aliphatic rings. The molecule has 33 heavy (non-hydrogen) atoms. The Morgan fingerprint density at radius 3 is 2.30 bits per heavy atom. The minimum absolute atomic E-state index is 0.108. The molecular formula is C25H28N2O4S2. The van der Waals surface area contributed by atoms with Crippen molar-refractivity contribution in [1.29, 1.82) is 0 Å². The van der Waals surface area contributed by atoms with Gasteiger partial charge in [-0.05, 0) is 55.8 Å². The average Bonchev–Trinajstić information content (AvgIpc) is 2.82. The molecule has 0 bridgehead atoms. The number of carbonyl (C=O) groups is 1. The van der Waals surface area contributed by atoms with Gasteiger partial charge in [0.2, 0.25) is 5.91 Å². The molecule has 0 unspecified atom stereocenters. The van der Waals surface area contributed by atoms with Gasteiger partial charge in [-0.15, -0.1) is 11.8 Å². The molecule has 0 aliphatic heterocycles. The van der Waals surface area contributed by atoms with Gasteiger partial charge in [0.05, 0.1) is 17.7 Å². The van der Waals surface area contributed by atoms with E-state index in [0.717, 1.165) is 14.8 Å². The van der Waals surface area contributed by atoms with Crippen molar-refractivity contribution in [1.82, 2.24) is 5.32 Å². The molecule has 1 amide bonds. The lowest BCUT2D eigenvalue weighted by molar-refractivity contribution is -0.119. The molecule has 0 saturated heterocycles. The lowest BCUT2D eigenvalue weighted by Crippen LogP contribution is -2.41. The minimum atomic E-state index is -3.99. The van der Waals surface area contributed by atoms with E-state index < -0.39 is 10.0 Å². The highest BCUT2D eigenvalue weighted by atomic mass is 32.2. The van der Waals surface area contributed by atoms with Gasteiger partial charge in [-0.1, -0.05) is 42.0 Å². The van der Waals surface area contributed by atoms with Gasteiger partial charge in [-0.3, -0.25) is 9.10 Å². The van der Waals surface area contributed by atoms with Gasteiger partial charge in [0.15, 0.2) is 0 Å². The van der Waals surface area contributed by atoms with Gasteiger partial charge in [0, 0.05) is 17.2 Å². The van der Waals surface area contributed by atoms with Crippen LogP contribution >= 0.6 is 11.8 Å². The molecule has 3 aromatic carbocycles. The van der Waals surface area contributed by atoms with Crippen LogP contribution in [0.25, 0.3) is 0 Å². The molecule has 0 heterocycles. The lowest BCUT2D eigenvalue weighted by atomic mass is 10.2. The Hall–Kier alpha value is -2.97. The fourth-order valence-electron chi connectivity index (χ4n) is 3.19. The van der Waals surface area contributed by atoms with Crippen molar-refractivity contribution in [3.8, 4) is 5.75 Å². The van der Waals surface area contributed by atoms with Crippen molar-refractivity contribution in [2.24, 2.45) is 0 Å². The van der Waals surface area contributed by atoms with Gasteiger partial charge in [0.1, 0.15) is 12.3 Å².